The minimum absolute atomic E-state index is 0.448. The molecule has 1 unspecified atom stereocenters. The zero-order valence-electron chi connectivity index (χ0n) is 18.6. The lowest BCUT2D eigenvalue weighted by atomic mass is 9.95. The molecule has 3 rings (SSSR count). The summed E-state index contributed by atoms with van der Waals surface area (Å²) in [6.45, 7) is 6.72. The summed E-state index contributed by atoms with van der Waals surface area (Å²) in [6.07, 6.45) is 4.22. The molecule has 0 saturated heterocycles. The molecule has 0 aliphatic carbocycles. The Balaban J connectivity index is 2.00. The molecule has 2 heterocycles. The Morgan fingerprint density at radius 2 is 2.03 bits per heavy atom. The van der Waals surface area contributed by atoms with Crippen molar-refractivity contribution in [3.05, 3.63) is 35.0 Å². The number of nitrogens with two attached hydrogens (primary N) is 1. The lowest BCUT2D eigenvalue weighted by Crippen LogP contribution is -2.31. The lowest BCUT2D eigenvalue weighted by Gasteiger charge is -2.28. The third kappa shape index (κ3) is 5.15. The molecular formula is C22H31N5O3S. The quantitative estimate of drug-likeness (QED) is 0.396. The van der Waals surface area contributed by atoms with E-state index in [0.29, 0.717) is 40.5 Å². The maximum absolute atomic E-state index is 12.4. The average Bonchev–Trinajstić information content (AvgIpc) is 3.15. The number of rotatable bonds is 11. The van der Waals surface area contributed by atoms with Gasteiger partial charge in [-0.05, 0) is 37.5 Å². The van der Waals surface area contributed by atoms with Crippen LogP contribution in [0.3, 0.4) is 0 Å². The van der Waals surface area contributed by atoms with Gasteiger partial charge in [0.25, 0.3) is 0 Å². The summed E-state index contributed by atoms with van der Waals surface area (Å²) in [5.41, 5.74) is 7.71. The molecule has 0 radical (unpaired) electrons. The van der Waals surface area contributed by atoms with Gasteiger partial charge in [0.15, 0.2) is 11.5 Å². The van der Waals surface area contributed by atoms with Crippen LogP contribution in [0, 0.1) is 0 Å². The minimum Gasteiger partial charge on any atom is -0.493 e. The molecule has 0 fully saturated rings. The van der Waals surface area contributed by atoms with Gasteiger partial charge in [-0.15, -0.1) is 5.10 Å². The van der Waals surface area contributed by atoms with E-state index in [0.717, 1.165) is 37.0 Å². The minimum atomic E-state index is -0.501. The highest BCUT2D eigenvalue weighted by molar-refractivity contribution is 7.99. The SMILES string of the molecule is CCCCOc1ccc(C2C(C(N)=O)=C(C)Nc3nc(SCCCC)nn32)cc1OC. The molecule has 2 aromatic rings. The van der Waals surface area contributed by atoms with Gasteiger partial charge < -0.3 is 20.5 Å². The Morgan fingerprint density at radius 1 is 1.26 bits per heavy atom. The van der Waals surface area contributed by atoms with Gasteiger partial charge in [0, 0.05) is 11.4 Å². The number of thioether (sulfide) groups is 1. The van der Waals surface area contributed by atoms with Gasteiger partial charge in [-0.3, -0.25) is 4.79 Å². The molecule has 0 saturated carbocycles. The van der Waals surface area contributed by atoms with Crippen molar-refractivity contribution >= 4 is 23.6 Å². The summed E-state index contributed by atoms with van der Waals surface area (Å²) in [7, 11) is 1.60. The van der Waals surface area contributed by atoms with Crippen LogP contribution >= 0.6 is 11.8 Å². The highest BCUT2D eigenvalue weighted by atomic mass is 32.2. The Kier molecular flexibility index (Phi) is 7.84. The second kappa shape index (κ2) is 10.6. The largest absolute Gasteiger partial charge is 0.493 e. The first-order valence-corrected chi connectivity index (χ1v) is 11.7. The molecule has 1 aromatic heterocycles. The van der Waals surface area contributed by atoms with E-state index in [1.165, 1.54) is 0 Å². The van der Waals surface area contributed by atoms with E-state index in [1.807, 2.05) is 25.1 Å². The maximum atomic E-state index is 12.4. The van der Waals surface area contributed by atoms with Crippen LogP contribution < -0.4 is 20.5 Å². The molecular weight excluding hydrogens is 414 g/mol. The van der Waals surface area contributed by atoms with E-state index in [9.17, 15) is 4.79 Å². The van der Waals surface area contributed by atoms with Crippen molar-refractivity contribution in [2.75, 3.05) is 24.8 Å². The fourth-order valence-corrected chi connectivity index (χ4v) is 4.34. The Labute approximate surface area is 187 Å². The highest BCUT2D eigenvalue weighted by Crippen LogP contribution is 2.39. The normalized spacial score (nSPS) is 15.4. The average molecular weight is 446 g/mol. The number of amides is 1. The van der Waals surface area contributed by atoms with Crippen molar-refractivity contribution in [2.45, 2.75) is 57.7 Å². The number of nitrogens with one attached hydrogen (secondary N) is 1. The van der Waals surface area contributed by atoms with Crippen molar-refractivity contribution in [3.63, 3.8) is 0 Å². The van der Waals surface area contributed by atoms with Gasteiger partial charge in [-0.2, -0.15) is 4.98 Å². The zero-order valence-corrected chi connectivity index (χ0v) is 19.4. The number of methoxy groups -OCH3 is 1. The van der Waals surface area contributed by atoms with Crippen molar-refractivity contribution in [1.29, 1.82) is 0 Å². The maximum Gasteiger partial charge on any atom is 0.248 e. The number of carbonyl (C=O) groups is 1. The number of hydrogen-bond acceptors (Lipinski definition) is 7. The number of primary amides is 1. The van der Waals surface area contributed by atoms with Crippen molar-refractivity contribution in [2.24, 2.45) is 5.73 Å². The fourth-order valence-electron chi connectivity index (χ4n) is 3.43. The number of nitrogens with zero attached hydrogens (tertiary/aromatic N) is 3. The molecule has 1 amide bonds. The van der Waals surface area contributed by atoms with Gasteiger partial charge in [0.05, 0.1) is 19.3 Å². The number of unbranched alkanes of at least 4 members (excludes halogenated alkanes) is 2. The van der Waals surface area contributed by atoms with Crippen LogP contribution in [0.25, 0.3) is 0 Å². The second-order valence-corrected chi connectivity index (χ2v) is 8.47. The first kappa shape index (κ1) is 23.0. The summed E-state index contributed by atoms with van der Waals surface area (Å²) in [5, 5.41) is 8.53. The number of anilines is 1. The number of hydrogen-bond donors (Lipinski definition) is 2. The van der Waals surface area contributed by atoms with E-state index >= 15 is 0 Å². The number of carbonyl (C=O) groups excluding carboxylic acids is 1. The summed E-state index contributed by atoms with van der Waals surface area (Å²) in [6, 6.07) is 5.17. The lowest BCUT2D eigenvalue weighted by molar-refractivity contribution is -0.115. The van der Waals surface area contributed by atoms with E-state index in [1.54, 1.807) is 23.6 Å². The molecule has 1 aliphatic heterocycles. The molecule has 9 heteroatoms. The predicted molar refractivity (Wildman–Crippen MR) is 123 cm³/mol. The number of aromatic nitrogens is 3. The molecule has 1 aromatic carbocycles. The monoisotopic (exact) mass is 445 g/mol. The number of allylic oxidation sites excluding steroid dienone is 1. The molecule has 0 spiro atoms. The molecule has 31 heavy (non-hydrogen) atoms. The van der Waals surface area contributed by atoms with Crippen LogP contribution in [0.5, 0.6) is 11.5 Å². The van der Waals surface area contributed by atoms with E-state index < -0.39 is 11.9 Å². The first-order valence-electron chi connectivity index (χ1n) is 10.7. The summed E-state index contributed by atoms with van der Waals surface area (Å²) in [4.78, 5) is 17.0. The van der Waals surface area contributed by atoms with Crippen LogP contribution in [0.4, 0.5) is 5.95 Å². The Bertz CT molecular complexity index is 957. The zero-order chi connectivity index (χ0) is 22.4. The number of benzene rings is 1. The van der Waals surface area contributed by atoms with Gasteiger partial charge in [-0.1, -0.05) is 44.5 Å². The molecule has 3 N–H and O–H groups in total. The molecule has 168 valence electrons. The standard InChI is InChI=1S/C22H31N5O3S/c1-5-7-11-30-16-10-9-15(13-17(16)29-4)19-18(20(23)28)14(3)24-21-25-22(26-27(19)21)31-12-8-6-2/h9-10,13,19H,5-8,11-12H2,1-4H3,(H2,23,28)(H,24,25,26). The van der Waals surface area contributed by atoms with Crippen molar-refractivity contribution in [3.8, 4) is 11.5 Å². The third-order valence-corrected chi connectivity index (χ3v) is 6.01. The van der Waals surface area contributed by atoms with Gasteiger partial charge in [-0.25, -0.2) is 4.68 Å². The second-order valence-electron chi connectivity index (χ2n) is 7.41. The first-order chi connectivity index (χ1) is 15.0. The Morgan fingerprint density at radius 3 is 2.71 bits per heavy atom. The molecule has 0 bridgehead atoms. The van der Waals surface area contributed by atoms with E-state index in [2.05, 4.69) is 29.2 Å². The third-order valence-electron chi connectivity index (χ3n) is 5.09. The van der Waals surface area contributed by atoms with Crippen LogP contribution in [-0.4, -0.2) is 40.1 Å². The van der Waals surface area contributed by atoms with Gasteiger partial charge >= 0.3 is 0 Å². The van der Waals surface area contributed by atoms with E-state index in [-0.39, 0.29) is 0 Å². The Hall–Kier alpha value is -2.68. The van der Waals surface area contributed by atoms with Gasteiger partial charge in [0.1, 0.15) is 6.04 Å². The summed E-state index contributed by atoms with van der Waals surface area (Å²) in [5.74, 6) is 2.31. The summed E-state index contributed by atoms with van der Waals surface area (Å²) >= 11 is 1.61. The predicted octanol–water partition coefficient (Wildman–Crippen LogP) is 4.13. The van der Waals surface area contributed by atoms with E-state index in [4.69, 9.17) is 15.2 Å². The number of fused-ring (bicyclic) bond motifs is 1. The van der Waals surface area contributed by atoms with Crippen molar-refractivity contribution in [1.82, 2.24) is 14.8 Å². The topological polar surface area (TPSA) is 104 Å². The van der Waals surface area contributed by atoms with Gasteiger partial charge in [0.2, 0.25) is 17.0 Å². The molecule has 1 atom stereocenters. The highest BCUT2D eigenvalue weighted by Gasteiger charge is 2.33. The van der Waals surface area contributed by atoms with Crippen LogP contribution in [0.2, 0.25) is 0 Å². The number of ether oxygens (including phenoxy) is 2. The van der Waals surface area contributed by atoms with Crippen LogP contribution in [0.15, 0.2) is 34.6 Å². The smallest absolute Gasteiger partial charge is 0.248 e. The molecule has 1 aliphatic rings. The van der Waals surface area contributed by atoms with Crippen LogP contribution in [0.1, 0.15) is 58.1 Å². The van der Waals surface area contributed by atoms with Crippen LogP contribution in [-0.2, 0) is 4.79 Å². The fraction of sp³-hybridized carbons (Fsp3) is 0.500. The molecule has 8 nitrogen and oxygen atoms in total. The summed E-state index contributed by atoms with van der Waals surface area (Å²) < 4.78 is 13.2. The van der Waals surface area contributed by atoms with Crippen molar-refractivity contribution < 1.29 is 14.3 Å².